The van der Waals surface area contributed by atoms with E-state index in [-0.39, 0.29) is 6.61 Å². The quantitative estimate of drug-likeness (QED) is 0.121. The van der Waals surface area contributed by atoms with Crippen molar-refractivity contribution < 1.29 is 59.2 Å². The van der Waals surface area contributed by atoms with Crippen LogP contribution in [0, 0.1) is 7.14 Å². The molecule has 0 saturated heterocycles. The first-order chi connectivity index (χ1) is 16.5. The molecule has 0 bridgehead atoms. The van der Waals surface area contributed by atoms with Crippen LogP contribution in [0.2, 0.25) is 0 Å². The van der Waals surface area contributed by atoms with Crippen molar-refractivity contribution in [1.82, 2.24) is 0 Å². The van der Waals surface area contributed by atoms with Crippen molar-refractivity contribution in [1.29, 1.82) is 0 Å². The Morgan fingerprint density at radius 1 is 0.794 bits per heavy atom. The van der Waals surface area contributed by atoms with Crippen LogP contribution in [-0.2, 0) is 19.0 Å². The predicted octanol–water partition coefficient (Wildman–Crippen LogP) is 0.372. The molecule has 0 fully saturated rings. The van der Waals surface area contributed by atoms with Crippen LogP contribution in [0.4, 0.5) is 0 Å². The van der Waals surface area contributed by atoms with E-state index < -0.39 is 27.2 Å². The Labute approximate surface area is 211 Å². The van der Waals surface area contributed by atoms with E-state index in [9.17, 15) is 4.79 Å². The molecule has 0 radical (unpaired) electrons. The Hall–Kier alpha value is -2.50. The van der Waals surface area contributed by atoms with Gasteiger partial charge in [-0.25, -0.2) is 4.79 Å². The van der Waals surface area contributed by atoms with Gasteiger partial charge in [0.1, 0.15) is 6.61 Å². The van der Waals surface area contributed by atoms with Crippen LogP contribution in [-0.4, -0.2) is 66.9 Å². The van der Waals surface area contributed by atoms with Crippen LogP contribution in [0.5, 0.6) is 23.0 Å². The van der Waals surface area contributed by atoms with Gasteiger partial charge < -0.3 is 4.74 Å². The molecular formula is C25H32IO8-. The standard InChI is InChI=1S/C25H32IO8/c1-18(2)25(27)34-15-13-32-11-10-31-12-14-33-20-8-6-19(7-9-20)26-24-22(29-4)16-21(28-3)17-23(24)30-5/h6-9,16-17H,1,10-15H2,2-5H3/q-1. The first kappa shape index (κ1) is 27.7. The fourth-order valence-corrected chi connectivity index (χ4v) is 5.24. The van der Waals surface area contributed by atoms with Crippen LogP contribution in [0.3, 0.4) is 0 Å². The summed E-state index contributed by atoms with van der Waals surface area (Å²) in [6.45, 7) is 7.38. The molecule has 0 spiro atoms. The van der Waals surface area contributed by atoms with Gasteiger partial charge in [0, 0.05) is 5.57 Å². The van der Waals surface area contributed by atoms with E-state index in [4.69, 9.17) is 33.2 Å². The molecule has 0 N–H and O–H groups in total. The zero-order chi connectivity index (χ0) is 24.8. The molecule has 8 nitrogen and oxygen atoms in total. The summed E-state index contributed by atoms with van der Waals surface area (Å²) in [7, 11) is 4.91. The van der Waals surface area contributed by atoms with Crippen molar-refractivity contribution >= 4 is 5.97 Å². The SMILES string of the molecule is C=C(C)C(=O)OCCOCCOCCOc1ccc([I-]c2c(OC)cc(OC)cc2OC)cc1. The molecule has 0 aliphatic carbocycles. The molecular weight excluding hydrogens is 555 g/mol. The van der Waals surface area contributed by atoms with E-state index in [1.807, 2.05) is 24.3 Å². The van der Waals surface area contributed by atoms with Crippen molar-refractivity contribution in [3.05, 3.63) is 55.7 Å². The summed E-state index contributed by atoms with van der Waals surface area (Å²) in [6, 6.07) is 11.8. The molecule has 2 aromatic rings. The van der Waals surface area contributed by atoms with E-state index in [0.29, 0.717) is 44.4 Å². The molecule has 9 heteroatoms. The monoisotopic (exact) mass is 587 g/mol. The Morgan fingerprint density at radius 3 is 1.88 bits per heavy atom. The van der Waals surface area contributed by atoms with Gasteiger partial charge in [0.2, 0.25) is 0 Å². The number of ether oxygens (including phenoxy) is 7. The number of rotatable bonds is 16. The summed E-state index contributed by atoms with van der Waals surface area (Å²) in [6.07, 6.45) is 0. The van der Waals surface area contributed by atoms with Crippen molar-refractivity contribution in [2.45, 2.75) is 6.92 Å². The Morgan fingerprint density at radius 2 is 1.35 bits per heavy atom. The number of benzene rings is 2. The normalized spacial score (nSPS) is 10.6. The average molecular weight is 587 g/mol. The molecule has 0 unspecified atom stereocenters. The summed E-state index contributed by atoms with van der Waals surface area (Å²) >= 11 is -0.526. The van der Waals surface area contributed by atoms with E-state index in [2.05, 4.69) is 18.7 Å². The van der Waals surface area contributed by atoms with Gasteiger partial charge in [-0.05, 0) is 6.92 Å². The van der Waals surface area contributed by atoms with Gasteiger partial charge in [-0.1, -0.05) is 6.58 Å². The molecule has 0 saturated carbocycles. The van der Waals surface area contributed by atoms with Crippen molar-refractivity contribution in [3.8, 4) is 23.0 Å². The number of halogens is 1. The second-order valence-corrected chi connectivity index (χ2v) is 9.75. The summed E-state index contributed by atoms with van der Waals surface area (Å²) in [5.74, 6) is 2.59. The first-order valence-corrected chi connectivity index (χ1v) is 12.8. The maximum atomic E-state index is 11.2. The van der Waals surface area contributed by atoms with Crippen LogP contribution in [0.1, 0.15) is 6.92 Å². The van der Waals surface area contributed by atoms with E-state index in [0.717, 1.165) is 20.8 Å². The van der Waals surface area contributed by atoms with Gasteiger partial charge in [-0.2, -0.15) is 0 Å². The zero-order valence-electron chi connectivity index (χ0n) is 20.1. The molecule has 0 aliphatic heterocycles. The third-order valence-corrected chi connectivity index (χ3v) is 7.29. The van der Waals surface area contributed by atoms with E-state index in [1.54, 1.807) is 28.3 Å². The van der Waals surface area contributed by atoms with Gasteiger partial charge in [0.25, 0.3) is 0 Å². The van der Waals surface area contributed by atoms with Crippen LogP contribution < -0.4 is 40.2 Å². The zero-order valence-corrected chi connectivity index (χ0v) is 22.2. The average Bonchev–Trinajstić information content (AvgIpc) is 2.85. The fraction of sp³-hybridized carbons (Fsp3) is 0.400. The van der Waals surface area contributed by atoms with Crippen LogP contribution in [0.25, 0.3) is 0 Å². The molecule has 2 aromatic carbocycles. The van der Waals surface area contributed by atoms with Crippen LogP contribution in [0.15, 0.2) is 48.6 Å². The minimum absolute atomic E-state index is 0.199. The molecule has 0 aliphatic rings. The number of methoxy groups -OCH3 is 3. The molecule has 34 heavy (non-hydrogen) atoms. The summed E-state index contributed by atoms with van der Waals surface area (Å²) in [4.78, 5) is 11.2. The predicted molar refractivity (Wildman–Crippen MR) is 123 cm³/mol. The third kappa shape index (κ3) is 9.40. The molecule has 0 amide bonds. The van der Waals surface area contributed by atoms with Crippen molar-refractivity contribution in [2.75, 3.05) is 61.0 Å². The number of carbonyl (C=O) groups excluding carboxylic acids is 1. The maximum absolute atomic E-state index is 11.2. The van der Waals surface area contributed by atoms with Crippen molar-refractivity contribution in [2.24, 2.45) is 0 Å². The van der Waals surface area contributed by atoms with Gasteiger partial charge >= 0.3 is 176 Å². The second-order valence-electron chi connectivity index (χ2n) is 6.88. The van der Waals surface area contributed by atoms with Crippen LogP contribution >= 0.6 is 0 Å². The number of esters is 1. The van der Waals surface area contributed by atoms with Crippen molar-refractivity contribution in [3.63, 3.8) is 0 Å². The Kier molecular flexibility index (Phi) is 12.6. The molecule has 0 heterocycles. The van der Waals surface area contributed by atoms with Gasteiger partial charge in [-0.15, -0.1) is 0 Å². The van der Waals surface area contributed by atoms with Gasteiger partial charge in [0.15, 0.2) is 0 Å². The molecule has 2 rings (SSSR count). The van der Waals surface area contributed by atoms with E-state index in [1.165, 1.54) is 3.57 Å². The summed E-state index contributed by atoms with van der Waals surface area (Å²) in [5.41, 5.74) is 0.373. The molecule has 0 atom stereocenters. The van der Waals surface area contributed by atoms with Gasteiger partial charge in [-0.3, -0.25) is 0 Å². The number of hydrogen-bond acceptors (Lipinski definition) is 8. The van der Waals surface area contributed by atoms with E-state index >= 15 is 0 Å². The first-order valence-electron chi connectivity index (χ1n) is 10.6. The molecule has 188 valence electrons. The molecule has 0 aromatic heterocycles. The Balaban J connectivity index is 1.68. The third-order valence-electron chi connectivity index (χ3n) is 4.35. The number of carbonyl (C=O) groups is 1. The fourth-order valence-electron chi connectivity index (χ4n) is 2.62. The van der Waals surface area contributed by atoms with Gasteiger partial charge in [0.05, 0.1) is 0 Å². The summed E-state index contributed by atoms with van der Waals surface area (Å²) in [5, 5.41) is 0. The summed E-state index contributed by atoms with van der Waals surface area (Å²) < 4.78 is 40.2. The number of hydrogen-bond donors (Lipinski definition) is 0. The topological polar surface area (TPSA) is 81.7 Å². The second kappa shape index (κ2) is 15.4. The Bertz CT molecular complexity index is 889. The minimum atomic E-state index is -0.526.